The maximum atomic E-state index is 5.50. The van der Waals surface area contributed by atoms with E-state index in [1.54, 1.807) is 0 Å². The van der Waals surface area contributed by atoms with Crippen molar-refractivity contribution in [3.63, 3.8) is 0 Å². The fourth-order valence-electron chi connectivity index (χ4n) is 2.85. The van der Waals surface area contributed by atoms with Crippen molar-refractivity contribution in [1.82, 2.24) is 10.3 Å². The van der Waals surface area contributed by atoms with Gasteiger partial charge in [-0.1, -0.05) is 36.4 Å². The second-order valence-corrected chi connectivity index (χ2v) is 6.26. The molecule has 0 bridgehead atoms. The summed E-state index contributed by atoms with van der Waals surface area (Å²) in [5.41, 5.74) is 8.34. The minimum absolute atomic E-state index is 0.176. The number of hydrazine groups is 1. The van der Waals surface area contributed by atoms with E-state index in [1.165, 1.54) is 16.7 Å². The molecule has 114 valence electrons. The molecule has 1 aliphatic heterocycles. The average molecular weight is 311 g/mol. The van der Waals surface area contributed by atoms with Crippen molar-refractivity contribution >= 4 is 23.0 Å². The zero-order chi connectivity index (χ0) is 15.7. The van der Waals surface area contributed by atoms with Gasteiger partial charge < -0.3 is 5.32 Å². The summed E-state index contributed by atoms with van der Waals surface area (Å²) in [5.74, 6) is 0. The van der Waals surface area contributed by atoms with Crippen LogP contribution in [0.15, 0.2) is 48.5 Å². The van der Waals surface area contributed by atoms with E-state index in [1.807, 2.05) is 6.07 Å². The van der Waals surface area contributed by atoms with Gasteiger partial charge in [0.05, 0.1) is 17.8 Å². The lowest BCUT2D eigenvalue weighted by Gasteiger charge is -2.28. The molecule has 2 aromatic rings. The molecular formula is C18H21N3S. The summed E-state index contributed by atoms with van der Waals surface area (Å²) in [6.45, 7) is 6.40. The minimum atomic E-state index is 0.176. The first-order chi connectivity index (χ1) is 10.6. The van der Waals surface area contributed by atoms with Crippen molar-refractivity contribution in [2.45, 2.75) is 32.9 Å². The summed E-state index contributed by atoms with van der Waals surface area (Å²) >= 11 is 5.50. The first-order valence-corrected chi connectivity index (χ1v) is 7.95. The lowest BCUT2D eigenvalue weighted by atomic mass is 10.0. The van der Waals surface area contributed by atoms with Crippen LogP contribution in [0.5, 0.6) is 0 Å². The monoisotopic (exact) mass is 311 g/mol. The molecule has 0 radical (unpaired) electrons. The van der Waals surface area contributed by atoms with E-state index in [4.69, 9.17) is 12.2 Å². The Kier molecular flexibility index (Phi) is 4.03. The normalized spacial score (nSPS) is 20.9. The minimum Gasteiger partial charge on any atom is -0.356 e. The molecule has 3 nitrogen and oxygen atoms in total. The van der Waals surface area contributed by atoms with E-state index < -0.39 is 0 Å². The van der Waals surface area contributed by atoms with Crippen molar-refractivity contribution in [3.05, 3.63) is 65.2 Å². The number of hydrogen-bond acceptors (Lipinski definition) is 2. The number of nitrogens with one attached hydrogen (secondary N) is 2. The van der Waals surface area contributed by atoms with Gasteiger partial charge in [-0.25, -0.2) is 0 Å². The Labute approximate surface area is 137 Å². The number of benzene rings is 2. The predicted octanol–water partition coefficient (Wildman–Crippen LogP) is 3.95. The molecule has 0 aliphatic carbocycles. The number of nitrogens with zero attached hydrogens (tertiary/aromatic N) is 1. The van der Waals surface area contributed by atoms with Gasteiger partial charge in [0, 0.05) is 0 Å². The number of hydrogen-bond donors (Lipinski definition) is 2. The van der Waals surface area contributed by atoms with Gasteiger partial charge in [-0.3, -0.25) is 10.4 Å². The largest absolute Gasteiger partial charge is 0.356 e. The van der Waals surface area contributed by atoms with Crippen molar-refractivity contribution in [1.29, 1.82) is 0 Å². The Morgan fingerprint density at radius 2 is 1.77 bits per heavy atom. The fourth-order valence-corrected chi connectivity index (χ4v) is 3.20. The summed E-state index contributed by atoms with van der Waals surface area (Å²) in [5, 5.41) is 6.15. The molecule has 2 N–H and O–H groups in total. The molecule has 1 heterocycles. The summed E-state index contributed by atoms with van der Waals surface area (Å²) in [4.78, 5) is 0. The number of aryl methyl sites for hydroxylation is 2. The van der Waals surface area contributed by atoms with Gasteiger partial charge in [-0.05, 0) is 61.8 Å². The van der Waals surface area contributed by atoms with Gasteiger partial charge in [0.15, 0.2) is 5.11 Å². The van der Waals surface area contributed by atoms with E-state index >= 15 is 0 Å². The van der Waals surface area contributed by atoms with Crippen LogP contribution in [-0.4, -0.2) is 16.2 Å². The number of anilines is 1. The third-order valence-corrected chi connectivity index (χ3v) is 4.53. The highest BCUT2D eigenvalue weighted by Gasteiger charge is 2.35. The van der Waals surface area contributed by atoms with Crippen molar-refractivity contribution < 1.29 is 0 Å². The molecule has 22 heavy (non-hydrogen) atoms. The molecule has 2 unspecified atom stereocenters. The van der Waals surface area contributed by atoms with Crippen LogP contribution in [0.25, 0.3) is 0 Å². The number of thiocarbonyl (C=S) groups is 1. The molecular weight excluding hydrogens is 290 g/mol. The van der Waals surface area contributed by atoms with Crippen molar-refractivity contribution in [3.8, 4) is 0 Å². The standard InChI is InChI=1S/C18H21N3S/c1-12-9-10-16(11-13(12)2)20-21-17(14(3)19-18(21)22)15-7-5-4-6-8-15/h4-11,14,17,20H,1-3H3,(H,19,22). The lowest BCUT2D eigenvalue weighted by molar-refractivity contribution is 0.376. The van der Waals surface area contributed by atoms with E-state index in [0.29, 0.717) is 0 Å². The zero-order valence-corrected chi connectivity index (χ0v) is 13.9. The molecule has 1 aliphatic rings. The molecule has 1 saturated heterocycles. The van der Waals surface area contributed by atoms with E-state index in [2.05, 4.69) is 79.0 Å². The molecule has 2 atom stereocenters. The van der Waals surface area contributed by atoms with Gasteiger partial charge in [-0.15, -0.1) is 0 Å². The quantitative estimate of drug-likeness (QED) is 0.839. The Bertz CT molecular complexity index is 684. The van der Waals surface area contributed by atoms with Gasteiger partial charge in [0.1, 0.15) is 0 Å². The fraction of sp³-hybridized carbons (Fsp3) is 0.278. The summed E-state index contributed by atoms with van der Waals surface area (Å²) in [6.07, 6.45) is 0. The van der Waals surface area contributed by atoms with E-state index in [-0.39, 0.29) is 12.1 Å². The van der Waals surface area contributed by atoms with E-state index in [0.717, 1.165) is 10.8 Å². The highest BCUT2D eigenvalue weighted by molar-refractivity contribution is 7.80. The first kappa shape index (κ1) is 14.9. The Balaban J connectivity index is 1.89. The Hall–Kier alpha value is -2.07. The van der Waals surface area contributed by atoms with Crippen LogP contribution in [0.3, 0.4) is 0 Å². The predicted molar refractivity (Wildman–Crippen MR) is 95.8 cm³/mol. The molecule has 3 rings (SSSR count). The topological polar surface area (TPSA) is 27.3 Å². The van der Waals surface area contributed by atoms with Gasteiger partial charge in [0.2, 0.25) is 0 Å². The van der Waals surface area contributed by atoms with Gasteiger partial charge in [0.25, 0.3) is 0 Å². The first-order valence-electron chi connectivity index (χ1n) is 7.55. The van der Waals surface area contributed by atoms with Crippen LogP contribution >= 0.6 is 12.2 Å². The maximum absolute atomic E-state index is 5.50. The van der Waals surface area contributed by atoms with Crippen molar-refractivity contribution in [2.24, 2.45) is 0 Å². The van der Waals surface area contributed by atoms with Crippen LogP contribution in [0, 0.1) is 13.8 Å². The zero-order valence-electron chi connectivity index (χ0n) is 13.1. The third kappa shape index (κ3) is 2.79. The van der Waals surface area contributed by atoms with Gasteiger partial charge in [-0.2, -0.15) is 0 Å². The summed E-state index contributed by atoms with van der Waals surface area (Å²) in [7, 11) is 0. The van der Waals surface area contributed by atoms with E-state index in [9.17, 15) is 0 Å². The Morgan fingerprint density at radius 3 is 2.45 bits per heavy atom. The average Bonchev–Trinajstić information content (AvgIpc) is 2.78. The smallest absolute Gasteiger partial charge is 0.188 e. The van der Waals surface area contributed by atoms with Crippen LogP contribution in [0.4, 0.5) is 5.69 Å². The number of rotatable bonds is 3. The summed E-state index contributed by atoms with van der Waals surface area (Å²) in [6, 6.07) is 17.3. The van der Waals surface area contributed by atoms with Crippen LogP contribution in [0.2, 0.25) is 0 Å². The third-order valence-electron chi connectivity index (χ3n) is 4.22. The van der Waals surface area contributed by atoms with Crippen molar-refractivity contribution in [2.75, 3.05) is 5.43 Å². The lowest BCUT2D eigenvalue weighted by Crippen LogP contribution is -2.35. The van der Waals surface area contributed by atoms with Crippen LogP contribution in [0.1, 0.15) is 29.7 Å². The van der Waals surface area contributed by atoms with Crippen LogP contribution in [-0.2, 0) is 0 Å². The molecule has 0 spiro atoms. The SMILES string of the molecule is Cc1ccc(NN2C(=S)NC(C)C2c2ccccc2)cc1C. The second-order valence-electron chi connectivity index (χ2n) is 5.87. The Morgan fingerprint density at radius 1 is 1.05 bits per heavy atom. The maximum Gasteiger partial charge on any atom is 0.188 e. The van der Waals surface area contributed by atoms with Crippen LogP contribution < -0.4 is 10.7 Å². The summed E-state index contributed by atoms with van der Waals surface area (Å²) < 4.78 is 0. The highest BCUT2D eigenvalue weighted by atomic mass is 32.1. The second kappa shape index (κ2) is 5.97. The van der Waals surface area contributed by atoms with Gasteiger partial charge >= 0.3 is 0 Å². The molecule has 4 heteroatoms. The highest BCUT2D eigenvalue weighted by Crippen LogP contribution is 2.30. The molecule has 0 saturated carbocycles. The molecule has 2 aromatic carbocycles. The molecule has 0 amide bonds. The molecule has 0 aromatic heterocycles. The molecule has 1 fully saturated rings.